The van der Waals surface area contributed by atoms with Crippen LogP contribution in [-0.4, -0.2) is 51.6 Å². The molecule has 0 spiro atoms. The molecule has 0 bridgehead atoms. The fourth-order valence-corrected chi connectivity index (χ4v) is 4.20. The fourth-order valence-electron chi connectivity index (χ4n) is 4.20. The van der Waals surface area contributed by atoms with E-state index in [2.05, 4.69) is 10.2 Å². The Kier molecular flexibility index (Phi) is 7.91. The number of carbonyl (C=O) groups is 1. The molecular formula is C22H31F3N2O4. The summed E-state index contributed by atoms with van der Waals surface area (Å²) >= 11 is 0. The highest BCUT2D eigenvalue weighted by Gasteiger charge is 2.43. The molecule has 1 N–H and O–H groups in total. The molecule has 1 amide bonds. The van der Waals surface area contributed by atoms with Crippen LogP contribution in [0.2, 0.25) is 0 Å². The number of anilines is 2. The standard InChI is InChI=1S/C22H31F3N2O4/c1-3-30-19-14-18(27-8-10-29-11-9-27)20(31-4-2)13-17(19)26-21(28)15-6-5-7-16(12-15)22(23,24)25/h13-16H,3-12H2,1-2H3,(H,26,28). The van der Waals surface area contributed by atoms with Gasteiger partial charge in [-0.15, -0.1) is 0 Å². The van der Waals surface area contributed by atoms with Crippen LogP contribution in [0.3, 0.4) is 0 Å². The molecule has 1 aromatic carbocycles. The second kappa shape index (κ2) is 10.4. The molecule has 1 saturated heterocycles. The van der Waals surface area contributed by atoms with Crippen LogP contribution >= 0.6 is 0 Å². The number of halogens is 3. The first-order valence-corrected chi connectivity index (χ1v) is 11.0. The lowest BCUT2D eigenvalue weighted by atomic mass is 9.80. The summed E-state index contributed by atoms with van der Waals surface area (Å²) in [6.07, 6.45) is -3.52. The molecule has 2 fully saturated rings. The SMILES string of the molecule is CCOc1cc(N2CCOCC2)c(OCC)cc1NC(=O)C1CCCC(C(F)(F)F)C1. The van der Waals surface area contributed by atoms with Gasteiger partial charge in [0.2, 0.25) is 5.91 Å². The van der Waals surface area contributed by atoms with Crippen molar-refractivity contribution in [2.24, 2.45) is 11.8 Å². The Morgan fingerprint density at radius 2 is 1.81 bits per heavy atom. The first kappa shape index (κ1) is 23.5. The average molecular weight is 444 g/mol. The predicted octanol–water partition coefficient (Wildman–Crippen LogP) is 4.63. The predicted molar refractivity (Wildman–Crippen MR) is 112 cm³/mol. The first-order valence-electron chi connectivity index (χ1n) is 11.0. The maximum absolute atomic E-state index is 13.1. The van der Waals surface area contributed by atoms with Crippen molar-refractivity contribution in [3.05, 3.63) is 12.1 Å². The summed E-state index contributed by atoms with van der Waals surface area (Å²) in [7, 11) is 0. The second-order valence-electron chi connectivity index (χ2n) is 7.87. The zero-order valence-electron chi connectivity index (χ0n) is 18.1. The van der Waals surface area contributed by atoms with Crippen LogP contribution in [0.15, 0.2) is 12.1 Å². The molecule has 0 aromatic heterocycles. The number of nitrogens with one attached hydrogen (secondary N) is 1. The minimum Gasteiger partial charge on any atom is -0.492 e. The Labute approximate surface area is 181 Å². The maximum atomic E-state index is 13.1. The Morgan fingerprint density at radius 1 is 1.13 bits per heavy atom. The van der Waals surface area contributed by atoms with Crippen LogP contribution in [0, 0.1) is 11.8 Å². The lowest BCUT2D eigenvalue weighted by Crippen LogP contribution is -2.36. The quantitative estimate of drug-likeness (QED) is 0.665. The molecule has 0 radical (unpaired) electrons. The number of benzene rings is 1. The molecule has 1 aliphatic heterocycles. The number of morpholine rings is 1. The zero-order chi connectivity index (χ0) is 22.4. The number of carbonyl (C=O) groups excluding carboxylic acids is 1. The van der Waals surface area contributed by atoms with Crippen molar-refractivity contribution in [2.45, 2.75) is 45.7 Å². The normalized spacial score (nSPS) is 22.2. The van der Waals surface area contributed by atoms with Gasteiger partial charge in [-0.3, -0.25) is 4.79 Å². The summed E-state index contributed by atoms with van der Waals surface area (Å²) in [6.45, 7) is 7.17. The van der Waals surface area contributed by atoms with E-state index in [1.165, 1.54) is 0 Å². The molecule has 31 heavy (non-hydrogen) atoms. The van der Waals surface area contributed by atoms with Crippen LogP contribution in [-0.2, 0) is 9.53 Å². The monoisotopic (exact) mass is 444 g/mol. The molecule has 2 unspecified atom stereocenters. The van der Waals surface area contributed by atoms with Gasteiger partial charge >= 0.3 is 6.18 Å². The van der Waals surface area contributed by atoms with Crippen LogP contribution in [0.5, 0.6) is 11.5 Å². The lowest BCUT2D eigenvalue weighted by molar-refractivity contribution is -0.185. The Hall–Kier alpha value is -2.16. The topological polar surface area (TPSA) is 60.0 Å². The largest absolute Gasteiger partial charge is 0.492 e. The van der Waals surface area contributed by atoms with Gasteiger partial charge in [0.05, 0.1) is 43.7 Å². The van der Waals surface area contributed by atoms with Gasteiger partial charge in [0.25, 0.3) is 0 Å². The van der Waals surface area contributed by atoms with Crippen molar-refractivity contribution in [3.8, 4) is 11.5 Å². The van der Waals surface area contributed by atoms with Gasteiger partial charge in [-0.1, -0.05) is 6.42 Å². The number of nitrogens with zero attached hydrogens (tertiary/aromatic N) is 1. The number of hydrogen-bond acceptors (Lipinski definition) is 5. The first-order chi connectivity index (χ1) is 14.8. The highest BCUT2D eigenvalue weighted by Crippen LogP contribution is 2.42. The van der Waals surface area contributed by atoms with Gasteiger partial charge in [0.1, 0.15) is 11.5 Å². The number of hydrogen-bond donors (Lipinski definition) is 1. The Bertz CT molecular complexity index is 751. The van der Waals surface area contributed by atoms with Crippen molar-refractivity contribution >= 4 is 17.3 Å². The van der Waals surface area contributed by atoms with Crippen molar-refractivity contribution in [2.75, 3.05) is 49.7 Å². The van der Waals surface area contributed by atoms with E-state index >= 15 is 0 Å². The molecular weight excluding hydrogens is 413 g/mol. The summed E-state index contributed by atoms with van der Waals surface area (Å²) in [6, 6.07) is 3.54. The summed E-state index contributed by atoms with van der Waals surface area (Å²) in [5.41, 5.74) is 1.27. The molecule has 1 heterocycles. The van der Waals surface area contributed by atoms with Crippen LogP contribution in [0.4, 0.5) is 24.5 Å². The third-order valence-electron chi connectivity index (χ3n) is 5.78. The smallest absolute Gasteiger partial charge is 0.391 e. The number of alkyl halides is 3. The van der Waals surface area contributed by atoms with E-state index in [4.69, 9.17) is 14.2 Å². The van der Waals surface area contributed by atoms with Gasteiger partial charge in [-0.2, -0.15) is 13.2 Å². The van der Waals surface area contributed by atoms with Crippen molar-refractivity contribution in [1.29, 1.82) is 0 Å². The van der Waals surface area contributed by atoms with E-state index < -0.39 is 23.9 Å². The number of rotatable bonds is 7. The molecule has 2 aliphatic rings. The molecule has 9 heteroatoms. The minimum atomic E-state index is -4.27. The molecule has 6 nitrogen and oxygen atoms in total. The van der Waals surface area contributed by atoms with E-state index in [0.29, 0.717) is 69.5 Å². The van der Waals surface area contributed by atoms with E-state index in [1.54, 1.807) is 6.07 Å². The number of amides is 1. The molecule has 1 aliphatic carbocycles. The third kappa shape index (κ3) is 5.96. The third-order valence-corrected chi connectivity index (χ3v) is 5.78. The Morgan fingerprint density at radius 3 is 2.45 bits per heavy atom. The lowest BCUT2D eigenvalue weighted by Gasteiger charge is -2.31. The van der Waals surface area contributed by atoms with Gasteiger partial charge in [-0.05, 0) is 33.1 Å². The van der Waals surface area contributed by atoms with Gasteiger partial charge in [0.15, 0.2) is 0 Å². The summed E-state index contributed by atoms with van der Waals surface area (Å²) < 4.78 is 56.4. The average Bonchev–Trinajstić information content (AvgIpc) is 2.76. The molecule has 2 atom stereocenters. The van der Waals surface area contributed by atoms with Crippen LogP contribution in [0.25, 0.3) is 0 Å². The minimum absolute atomic E-state index is 0.0835. The van der Waals surface area contributed by atoms with E-state index in [1.807, 2.05) is 19.9 Å². The second-order valence-corrected chi connectivity index (χ2v) is 7.87. The molecule has 3 rings (SSSR count). The summed E-state index contributed by atoms with van der Waals surface area (Å²) in [5.74, 6) is -1.43. The molecule has 1 aromatic rings. The van der Waals surface area contributed by atoms with Crippen molar-refractivity contribution < 1.29 is 32.2 Å². The highest BCUT2D eigenvalue weighted by molar-refractivity contribution is 5.95. The van der Waals surface area contributed by atoms with E-state index in [9.17, 15) is 18.0 Å². The maximum Gasteiger partial charge on any atom is 0.391 e. The molecule has 1 saturated carbocycles. The highest BCUT2D eigenvalue weighted by atomic mass is 19.4. The van der Waals surface area contributed by atoms with Gasteiger partial charge < -0.3 is 24.4 Å². The van der Waals surface area contributed by atoms with Crippen molar-refractivity contribution in [1.82, 2.24) is 0 Å². The summed E-state index contributed by atoms with van der Waals surface area (Å²) in [5, 5.41) is 2.81. The van der Waals surface area contributed by atoms with Gasteiger partial charge in [-0.25, -0.2) is 0 Å². The fraction of sp³-hybridized carbons (Fsp3) is 0.682. The summed E-state index contributed by atoms with van der Waals surface area (Å²) in [4.78, 5) is 15.0. The zero-order valence-corrected chi connectivity index (χ0v) is 18.1. The van der Waals surface area contributed by atoms with Crippen LogP contribution in [0.1, 0.15) is 39.5 Å². The van der Waals surface area contributed by atoms with E-state index in [-0.39, 0.29) is 12.8 Å². The van der Waals surface area contributed by atoms with Crippen molar-refractivity contribution in [3.63, 3.8) is 0 Å². The van der Waals surface area contributed by atoms with Crippen LogP contribution < -0.4 is 19.7 Å². The van der Waals surface area contributed by atoms with E-state index in [0.717, 1.165) is 5.69 Å². The molecule has 174 valence electrons. The number of ether oxygens (including phenoxy) is 3. The Balaban J connectivity index is 1.83. The van der Waals surface area contributed by atoms with Gasteiger partial charge in [0, 0.05) is 31.1 Å².